The molecule has 0 radical (unpaired) electrons. The van der Waals surface area contributed by atoms with E-state index in [9.17, 15) is 14.4 Å². The minimum Gasteiger partial charge on any atom is -0.456 e. The molecule has 0 aliphatic carbocycles. The van der Waals surface area contributed by atoms with Gasteiger partial charge in [-0.05, 0) is 23.6 Å². The van der Waals surface area contributed by atoms with E-state index in [2.05, 4.69) is 5.32 Å². The highest BCUT2D eigenvalue weighted by Crippen LogP contribution is 2.26. The smallest absolute Gasteiger partial charge is 0.306 e. The number of nitriles is 1. The summed E-state index contributed by atoms with van der Waals surface area (Å²) in [6.07, 6.45) is -0.0206. The second-order valence-corrected chi connectivity index (χ2v) is 7.02. The van der Waals surface area contributed by atoms with Crippen LogP contribution in [0.15, 0.2) is 46.7 Å². The van der Waals surface area contributed by atoms with Crippen LogP contribution in [0.5, 0.6) is 0 Å². The minimum atomic E-state index is -0.600. The van der Waals surface area contributed by atoms with Gasteiger partial charge in [-0.15, -0.1) is 23.1 Å². The average molecular weight is 388 g/mol. The number of nitrogens with zero attached hydrogens (tertiary/aromatic N) is 1. The van der Waals surface area contributed by atoms with Crippen LogP contribution in [0.25, 0.3) is 0 Å². The molecule has 0 atom stereocenters. The number of nitrogens with one attached hydrogen (secondary N) is 1. The third-order valence-corrected chi connectivity index (χ3v) is 5.02. The lowest BCUT2D eigenvalue weighted by molar-refractivity contribution is -0.147. The van der Waals surface area contributed by atoms with Crippen molar-refractivity contribution in [3.63, 3.8) is 0 Å². The highest BCUT2D eigenvalue weighted by molar-refractivity contribution is 7.99. The van der Waals surface area contributed by atoms with Crippen LogP contribution >= 0.6 is 23.1 Å². The Morgan fingerprint density at radius 3 is 2.69 bits per heavy atom. The first-order valence-electron chi connectivity index (χ1n) is 7.71. The van der Waals surface area contributed by atoms with Crippen molar-refractivity contribution in [3.8, 4) is 6.07 Å². The summed E-state index contributed by atoms with van der Waals surface area (Å²) >= 11 is 2.62. The number of thiophene rings is 1. The number of hydrogen-bond acceptors (Lipinski definition) is 7. The minimum absolute atomic E-state index is 0.0502. The summed E-state index contributed by atoms with van der Waals surface area (Å²) in [5.74, 6) is -0.935. The molecule has 1 aromatic heterocycles. The molecule has 0 saturated carbocycles. The van der Waals surface area contributed by atoms with Crippen LogP contribution in [0.3, 0.4) is 0 Å². The Morgan fingerprint density at radius 1 is 1.15 bits per heavy atom. The van der Waals surface area contributed by atoms with Gasteiger partial charge >= 0.3 is 5.97 Å². The number of benzene rings is 1. The van der Waals surface area contributed by atoms with Crippen LogP contribution in [-0.4, -0.2) is 30.0 Å². The molecular formula is C18H16N2O4S2. The Balaban J connectivity index is 1.75. The molecule has 6 nitrogen and oxygen atoms in total. The molecule has 0 unspecified atom stereocenters. The van der Waals surface area contributed by atoms with E-state index in [-0.39, 0.29) is 24.4 Å². The number of para-hydroxylation sites is 1. The molecule has 2 rings (SSSR count). The van der Waals surface area contributed by atoms with E-state index in [4.69, 9.17) is 10.00 Å². The number of esters is 1. The van der Waals surface area contributed by atoms with Crippen molar-refractivity contribution >= 4 is 46.4 Å². The number of carbonyl (C=O) groups is 3. The maximum atomic E-state index is 11.9. The van der Waals surface area contributed by atoms with Gasteiger partial charge < -0.3 is 10.1 Å². The highest BCUT2D eigenvalue weighted by Gasteiger charge is 2.13. The van der Waals surface area contributed by atoms with Crippen molar-refractivity contribution in [2.45, 2.75) is 17.7 Å². The number of carbonyl (C=O) groups excluding carboxylic acids is 3. The molecule has 0 spiro atoms. The summed E-state index contributed by atoms with van der Waals surface area (Å²) in [4.78, 5) is 36.8. The molecule has 8 heteroatoms. The molecule has 134 valence electrons. The van der Waals surface area contributed by atoms with Gasteiger partial charge in [-0.3, -0.25) is 14.4 Å². The Labute approximate surface area is 159 Å². The number of thioether (sulfide) groups is 1. The van der Waals surface area contributed by atoms with Crippen molar-refractivity contribution in [2.75, 3.05) is 17.7 Å². The molecule has 1 heterocycles. The Morgan fingerprint density at radius 2 is 1.96 bits per heavy atom. The molecule has 2 aromatic rings. The van der Waals surface area contributed by atoms with Crippen LogP contribution in [0.4, 0.5) is 5.69 Å². The van der Waals surface area contributed by atoms with Crippen molar-refractivity contribution in [1.82, 2.24) is 0 Å². The van der Waals surface area contributed by atoms with Gasteiger partial charge in [-0.1, -0.05) is 18.2 Å². The van der Waals surface area contributed by atoms with E-state index in [0.717, 1.165) is 4.90 Å². The summed E-state index contributed by atoms with van der Waals surface area (Å²) in [7, 11) is 0. The molecule has 1 amide bonds. The highest BCUT2D eigenvalue weighted by atomic mass is 32.2. The number of ether oxygens (including phenoxy) is 1. The van der Waals surface area contributed by atoms with E-state index in [1.54, 1.807) is 41.8 Å². The van der Waals surface area contributed by atoms with Gasteiger partial charge in [0.1, 0.15) is 0 Å². The molecule has 26 heavy (non-hydrogen) atoms. The Bertz CT molecular complexity index is 813. The van der Waals surface area contributed by atoms with E-state index in [1.807, 2.05) is 6.07 Å². The first-order valence-corrected chi connectivity index (χ1v) is 9.57. The third-order valence-electron chi connectivity index (χ3n) is 3.17. The first kappa shape index (κ1) is 19.7. The van der Waals surface area contributed by atoms with Crippen LogP contribution in [0.2, 0.25) is 0 Å². The van der Waals surface area contributed by atoms with Crippen LogP contribution in [0.1, 0.15) is 22.5 Å². The topological polar surface area (TPSA) is 96.3 Å². The third kappa shape index (κ3) is 6.35. The molecule has 0 aliphatic rings. The van der Waals surface area contributed by atoms with Crippen LogP contribution in [0, 0.1) is 11.3 Å². The predicted molar refractivity (Wildman–Crippen MR) is 100 cm³/mol. The monoisotopic (exact) mass is 388 g/mol. The maximum absolute atomic E-state index is 11.9. The molecule has 0 aliphatic heterocycles. The fourth-order valence-electron chi connectivity index (χ4n) is 1.99. The predicted octanol–water partition coefficient (Wildman–Crippen LogP) is 3.51. The molecule has 0 saturated heterocycles. The van der Waals surface area contributed by atoms with Gasteiger partial charge in [0.2, 0.25) is 0 Å². The average Bonchev–Trinajstić information content (AvgIpc) is 3.18. The van der Waals surface area contributed by atoms with Gasteiger partial charge in [0, 0.05) is 11.3 Å². The molecule has 0 fully saturated rings. The molecule has 0 bridgehead atoms. The fourth-order valence-corrected chi connectivity index (χ4v) is 3.35. The Kier molecular flexibility index (Phi) is 7.86. The van der Waals surface area contributed by atoms with Crippen molar-refractivity contribution in [2.24, 2.45) is 0 Å². The first-order chi connectivity index (χ1) is 12.6. The molecular weight excluding hydrogens is 372 g/mol. The summed E-state index contributed by atoms with van der Waals surface area (Å²) in [6, 6.07) is 12.6. The lowest BCUT2D eigenvalue weighted by Gasteiger charge is -2.10. The second kappa shape index (κ2) is 10.4. The number of anilines is 1. The number of ketones is 1. The second-order valence-electron chi connectivity index (χ2n) is 5.05. The Hall–Kier alpha value is -2.63. The summed E-state index contributed by atoms with van der Waals surface area (Å²) in [6.45, 7) is -0.427. The van der Waals surface area contributed by atoms with Gasteiger partial charge in [0.25, 0.3) is 5.91 Å². The van der Waals surface area contributed by atoms with Gasteiger partial charge in [0.15, 0.2) is 12.4 Å². The zero-order chi connectivity index (χ0) is 18.8. The normalized spacial score (nSPS) is 9.96. The lowest BCUT2D eigenvalue weighted by Crippen LogP contribution is -2.21. The summed E-state index contributed by atoms with van der Waals surface area (Å²) in [5, 5.41) is 13.1. The summed E-state index contributed by atoms with van der Waals surface area (Å²) in [5.41, 5.74) is 0.557. The zero-order valence-corrected chi connectivity index (χ0v) is 15.4. The summed E-state index contributed by atoms with van der Waals surface area (Å²) < 4.78 is 4.91. The molecule has 1 aromatic carbocycles. The largest absolute Gasteiger partial charge is 0.456 e. The lowest BCUT2D eigenvalue weighted by atomic mass is 10.2. The van der Waals surface area contributed by atoms with Gasteiger partial charge in [0.05, 0.1) is 28.8 Å². The van der Waals surface area contributed by atoms with E-state index >= 15 is 0 Å². The van der Waals surface area contributed by atoms with E-state index in [1.165, 1.54) is 23.1 Å². The SMILES string of the molecule is N#CCSc1ccccc1NC(=O)COC(=O)CCC(=O)c1cccs1. The fraction of sp³-hybridized carbons (Fsp3) is 0.222. The number of hydrogen-bond donors (Lipinski definition) is 1. The quantitative estimate of drug-likeness (QED) is 0.401. The standard InChI is InChI=1S/C18H16N2O4S2/c19-9-11-26-15-5-2-1-4-13(15)20-17(22)12-24-18(23)8-7-14(21)16-6-3-10-25-16/h1-6,10H,7-8,11-12H2,(H,20,22). The van der Waals surface area contributed by atoms with Crippen molar-refractivity contribution in [1.29, 1.82) is 5.26 Å². The zero-order valence-electron chi connectivity index (χ0n) is 13.8. The van der Waals surface area contributed by atoms with Crippen LogP contribution in [-0.2, 0) is 14.3 Å². The molecule has 1 N–H and O–H groups in total. The van der Waals surface area contributed by atoms with Crippen molar-refractivity contribution in [3.05, 3.63) is 46.7 Å². The van der Waals surface area contributed by atoms with Gasteiger partial charge in [-0.2, -0.15) is 5.26 Å². The maximum Gasteiger partial charge on any atom is 0.306 e. The van der Waals surface area contributed by atoms with Crippen molar-refractivity contribution < 1.29 is 19.1 Å². The van der Waals surface area contributed by atoms with Crippen LogP contribution < -0.4 is 5.32 Å². The number of Topliss-reactive ketones (excluding diaryl/α,β-unsaturated/α-hetero) is 1. The van der Waals surface area contributed by atoms with E-state index < -0.39 is 18.5 Å². The van der Waals surface area contributed by atoms with Gasteiger partial charge in [-0.25, -0.2) is 0 Å². The van der Waals surface area contributed by atoms with E-state index in [0.29, 0.717) is 10.6 Å². The number of rotatable bonds is 9. The number of amides is 1.